The van der Waals surface area contributed by atoms with E-state index in [2.05, 4.69) is 15.1 Å². The summed E-state index contributed by atoms with van der Waals surface area (Å²) in [6.45, 7) is 1.17. The van der Waals surface area contributed by atoms with Crippen LogP contribution in [0.1, 0.15) is 18.9 Å². The first-order valence-corrected chi connectivity index (χ1v) is 10.7. The van der Waals surface area contributed by atoms with Crippen LogP contribution in [-0.4, -0.2) is 38.8 Å². The molecule has 190 valence electrons. The zero-order valence-corrected chi connectivity index (χ0v) is 18.9. The minimum Gasteiger partial charge on any atom is -0.490 e. The number of alkyl halides is 5. The molecule has 4 aromatic rings. The first-order chi connectivity index (χ1) is 17.0. The molecule has 0 aliphatic rings. The number of aromatic nitrogens is 4. The second-order valence-electron chi connectivity index (χ2n) is 7.85. The number of pyridine rings is 1. The number of hydrogen-bond acceptors (Lipinski definition) is 7. The van der Waals surface area contributed by atoms with Crippen molar-refractivity contribution in [3.63, 3.8) is 0 Å². The second kappa shape index (κ2) is 9.57. The topological polar surface area (TPSA) is 114 Å². The molecule has 13 heteroatoms. The molecule has 0 fully saturated rings. The fourth-order valence-electron chi connectivity index (χ4n) is 3.39. The Labute approximate surface area is 201 Å². The lowest BCUT2D eigenvalue weighted by Gasteiger charge is -2.17. The van der Waals surface area contributed by atoms with Crippen LogP contribution in [-0.2, 0) is 6.18 Å². The predicted octanol–water partition coefficient (Wildman–Crippen LogP) is 4.78. The average Bonchev–Trinajstić information content (AvgIpc) is 3.22. The van der Waals surface area contributed by atoms with Crippen LogP contribution in [0.3, 0.4) is 0 Å². The van der Waals surface area contributed by atoms with Crippen molar-refractivity contribution in [2.24, 2.45) is 5.73 Å². The van der Waals surface area contributed by atoms with E-state index in [4.69, 9.17) is 20.9 Å². The van der Waals surface area contributed by atoms with E-state index < -0.39 is 23.7 Å². The lowest BCUT2D eigenvalue weighted by atomic mass is 10.1. The Morgan fingerprint density at radius 3 is 2.42 bits per heavy atom. The van der Waals surface area contributed by atoms with Crippen molar-refractivity contribution in [2.45, 2.75) is 25.6 Å². The fourth-order valence-corrected chi connectivity index (χ4v) is 3.39. The molecule has 0 aliphatic heterocycles. The first-order valence-electron chi connectivity index (χ1n) is 10.7. The van der Waals surface area contributed by atoms with E-state index in [9.17, 15) is 22.0 Å². The Kier molecular flexibility index (Phi) is 6.67. The zero-order chi connectivity index (χ0) is 26.1. The molecule has 0 unspecified atom stereocenters. The molecule has 0 saturated carbocycles. The number of nitrogens with two attached hydrogens (primary N) is 2. The van der Waals surface area contributed by atoms with Crippen molar-refractivity contribution in [1.29, 1.82) is 0 Å². The number of hydrogen-bond donors (Lipinski definition) is 2. The molecular weight excluding hydrogens is 487 g/mol. The molecule has 0 bridgehead atoms. The number of rotatable bonds is 8. The number of ether oxygens (including phenoxy) is 2. The van der Waals surface area contributed by atoms with Gasteiger partial charge in [0.05, 0.1) is 29.8 Å². The lowest BCUT2D eigenvalue weighted by molar-refractivity contribution is -0.159. The van der Waals surface area contributed by atoms with Gasteiger partial charge in [-0.1, -0.05) is 0 Å². The van der Waals surface area contributed by atoms with Gasteiger partial charge in [0.1, 0.15) is 5.82 Å². The van der Waals surface area contributed by atoms with E-state index in [1.54, 1.807) is 12.1 Å². The summed E-state index contributed by atoms with van der Waals surface area (Å²) in [7, 11) is 0. The summed E-state index contributed by atoms with van der Waals surface area (Å²) in [5.74, 6) is -0.755. The Morgan fingerprint density at radius 1 is 0.944 bits per heavy atom. The minimum atomic E-state index is -4.69. The maximum atomic E-state index is 13.7. The quantitative estimate of drug-likeness (QED) is 0.260. The number of halogens is 5. The third-order valence-corrected chi connectivity index (χ3v) is 5.02. The van der Waals surface area contributed by atoms with E-state index in [-0.39, 0.29) is 29.4 Å². The van der Waals surface area contributed by atoms with Gasteiger partial charge in [-0.2, -0.15) is 27.1 Å². The van der Waals surface area contributed by atoms with E-state index in [1.165, 1.54) is 35.1 Å². The first kappa shape index (κ1) is 25.1. The maximum Gasteiger partial charge on any atom is 0.419 e. The number of benzene rings is 1. The summed E-state index contributed by atoms with van der Waals surface area (Å²) in [6, 6.07) is 8.31. The highest BCUT2D eigenvalue weighted by atomic mass is 19.4. The van der Waals surface area contributed by atoms with Crippen LogP contribution in [0, 0.1) is 0 Å². The van der Waals surface area contributed by atoms with Gasteiger partial charge in [0.15, 0.2) is 17.1 Å². The number of anilines is 1. The van der Waals surface area contributed by atoms with Crippen LogP contribution >= 0.6 is 0 Å². The van der Waals surface area contributed by atoms with Crippen LogP contribution in [0.25, 0.3) is 28.2 Å². The summed E-state index contributed by atoms with van der Waals surface area (Å²) in [4.78, 5) is 7.88. The molecule has 0 radical (unpaired) electrons. The molecular formula is C23H21F5N6O2. The molecule has 1 aromatic carbocycles. The van der Waals surface area contributed by atoms with Gasteiger partial charge in [-0.15, -0.1) is 0 Å². The number of nitrogen functional groups attached to an aromatic ring is 1. The molecule has 0 amide bonds. The van der Waals surface area contributed by atoms with E-state index in [0.29, 0.717) is 36.8 Å². The van der Waals surface area contributed by atoms with Crippen LogP contribution in [0.5, 0.6) is 11.5 Å². The SMILES string of the molecule is CC(F)(F)Oc1cc(-c2cnc3ccc(-c4cnc(N)c(C(F)(F)F)c4)nn23)ccc1OCCCN. The molecule has 0 saturated heterocycles. The Bertz CT molecular complexity index is 1380. The number of fused-ring (bicyclic) bond motifs is 1. The van der Waals surface area contributed by atoms with Gasteiger partial charge in [0.2, 0.25) is 0 Å². The third-order valence-electron chi connectivity index (χ3n) is 5.02. The van der Waals surface area contributed by atoms with E-state index in [1.807, 2.05) is 0 Å². The smallest absolute Gasteiger partial charge is 0.419 e. The Hall–Kier alpha value is -4.00. The molecule has 0 aliphatic carbocycles. The van der Waals surface area contributed by atoms with Crippen molar-refractivity contribution in [1.82, 2.24) is 19.6 Å². The summed E-state index contributed by atoms with van der Waals surface area (Å²) in [5, 5.41) is 4.39. The largest absolute Gasteiger partial charge is 0.490 e. The lowest BCUT2D eigenvalue weighted by Crippen LogP contribution is -2.20. The van der Waals surface area contributed by atoms with Crippen molar-refractivity contribution >= 4 is 11.5 Å². The molecule has 0 atom stereocenters. The molecule has 4 N–H and O–H groups in total. The summed E-state index contributed by atoms with van der Waals surface area (Å²) in [6.07, 6.45) is -5.03. The second-order valence-corrected chi connectivity index (χ2v) is 7.85. The third kappa shape index (κ3) is 5.46. The van der Waals surface area contributed by atoms with Crippen molar-refractivity contribution in [2.75, 3.05) is 18.9 Å². The monoisotopic (exact) mass is 508 g/mol. The van der Waals surface area contributed by atoms with Gasteiger partial charge in [-0.3, -0.25) is 0 Å². The van der Waals surface area contributed by atoms with Gasteiger partial charge < -0.3 is 20.9 Å². The van der Waals surface area contributed by atoms with Crippen LogP contribution in [0.4, 0.5) is 27.8 Å². The zero-order valence-electron chi connectivity index (χ0n) is 18.9. The van der Waals surface area contributed by atoms with Crippen LogP contribution in [0.15, 0.2) is 48.8 Å². The number of imidazole rings is 1. The molecule has 3 heterocycles. The van der Waals surface area contributed by atoms with Gasteiger partial charge >= 0.3 is 12.3 Å². The molecule has 4 rings (SSSR count). The summed E-state index contributed by atoms with van der Waals surface area (Å²) < 4.78 is 78.9. The minimum absolute atomic E-state index is 0.0800. The standard InChI is InChI=1S/C23H21F5N6O2/c1-22(24,25)36-19-10-13(3-5-18(19)35-8-2-7-29)17-12-31-20-6-4-16(33-34(17)20)14-9-15(23(26,27)28)21(30)32-11-14/h3-6,9-12H,2,7-8,29H2,1H3,(H2,30,32). The average molecular weight is 508 g/mol. The molecule has 8 nitrogen and oxygen atoms in total. The number of nitrogens with zero attached hydrogens (tertiary/aromatic N) is 4. The molecule has 0 spiro atoms. The highest BCUT2D eigenvalue weighted by molar-refractivity contribution is 5.69. The van der Waals surface area contributed by atoms with E-state index in [0.717, 1.165) is 6.07 Å². The van der Waals surface area contributed by atoms with E-state index >= 15 is 0 Å². The van der Waals surface area contributed by atoms with Gasteiger partial charge in [-0.25, -0.2) is 14.5 Å². The van der Waals surface area contributed by atoms with Gasteiger partial charge in [0.25, 0.3) is 0 Å². The van der Waals surface area contributed by atoms with Gasteiger partial charge in [-0.05, 0) is 49.4 Å². The summed E-state index contributed by atoms with van der Waals surface area (Å²) in [5.41, 5.74) is 11.2. The van der Waals surface area contributed by atoms with Crippen molar-refractivity contribution in [3.05, 3.63) is 54.4 Å². The summed E-state index contributed by atoms with van der Waals surface area (Å²) >= 11 is 0. The fraction of sp³-hybridized carbons (Fsp3) is 0.261. The maximum absolute atomic E-state index is 13.7. The van der Waals surface area contributed by atoms with Crippen LogP contribution < -0.4 is 20.9 Å². The van der Waals surface area contributed by atoms with Crippen molar-refractivity contribution < 1.29 is 31.4 Å². The molecule has 3 aromatic heterocycles. The Balaban J connectivity index is 1.77. The Morgan fingerprint density at radius 2 is 1.72 bits per heavy atom. The molecule has 36 heavy (non-hydrogen) atoms. The normalized spacial score (nSPS) is 12.2. The van der Waals surface area contributed by atoms with Gasteiger partial charge in [0, 0.05) is 24.2 Å². The highest BCUT2D eigenvalue weighted by Gasteiger charge is 2.34. The predicted molar refractivity (Wildman–Crippen MR) is 121 cm³/mol. The van der Waals surface area contributed by atoms with Crippen molar-refractivity contribution in [3.8, 4) is 34.0 Å². The van der Waals surface area contributed by atoms with Crippen LogP contribution in [0.2, 0.25) is 0 Å². The highest BCUT2D eigenvalue weighted by Crippen LogP contribution is 2.37.